The number of benzene rings is 2. The minimum absolute atomic E-state index is 0.0439. The zero-order valence-electron chi connectivity index (χ0n) is 17.8. The van der Waals surface area contributed by atoms with Gasteiger partial charge in [0.2, 0.25) is 11.2 Å². The second kappa shape index (κ2) is 9.13. The van der Waals surface area contributed by atoms with Gasteiger partial charge in [0.05, 0.1) is 12.6 Å². The van der Waals surface area contributed by atoms with Crippen LogP contribution >= 0.6 is 19.2 Å². The molecule has 34 heavy (non-hydrogen) atoms. The number of para-hydroxylation sites is 2. The molecule has 0 radical (unpaired) electrons. The molecule has 2 aromatic carbocycles. The summed E-state index contributed by atoms with van der Waals surface area (Å²) in [5.41, 5.74) is 5.54. The maximum Gasteiger partial charge on any atom is 0.459 e. The highest BCUT2D eigenvalue weighted by Gasteiger charge is 2.45. The van der Waals surface area contributed by atoms with Crippen molar-refractivity contribution in [2.45, 2.75) is 31.3 Å². The van der Waals surface area contributed by atoms with Gasteiger partial charge in [-0.1, -0.05) is 36.4 Å². The predicted octanol–water partition coefficient (Wildman–Crippen LogP) is 4.21. The third-order valence-corrected chi connectivity index (χ3v) is 7.66. The minimum atomic E-state index is -3.78. The molecule has 1 fully saturated rings. The lowest BCUT2D eigenvalue weighted by Crippen LogP contribution is -2.21. The van der Waals surface area contributed by atoms with Crippen LogP contribution in [0, 0.1) is 0 Å². The average Bonchev–Trinajstić information content (AvgIpc) is 3.41. The summed E-state index contributed by atoms with van der Waals surface area (Å²) in [7, 11) is -3.78. The molecular weight excluding hydrogens is 481 g/mol. The Morgan fingerprint density at radius 3 is 2.29 bits per heavy atom. The first kappa shape index (κ1) is 22.5. The number of rotatable bonds is 7. The van der Waals surface area contributed by atoms with Crippen molar-refractivity contribution >= 4 is 36.3 Å². The van der Waals surface area contributed by atoms with E-state index in [1.165, 1.54) is 0 Å². The molecule has 5 rings (SSSR count). The predicted molar refractivity (Wildman–Crippen MR) is 127 cm³/mol. The van der Waals surface area contributed by atoms with Crippen LogP contribution in [-0.2, 0) is 15.8 Å². The molecule has 12 heteroatoms. The summed E-state index contributed by atoms with van der Waals surface area (Å²) >= 11 is 6.27. The molecule has 2 aromatic heterocycles. The van der Waals surface area contributed by atoms with Gasteiger partial charge < -0.3 is 19.5 Å². The van der Waals surface area contributed by atoms with Gasteiger partial charge in [-0.3, -0.25) is 14.3 Å². The summed E-state index contributed by atoms with van der Waals surface area (Å²) in [4.78, 5) is 22.8. The number of halogens is 1. The zero-order valence-corrected chi connectivity index (χ0v) is 19.5. The summed E-state index contributed by atoms with van der Waals surface area (Å²) in [5.74, 6) is -0.0295. The van der Waals surface area contributed by atoms with Crippen LogP contribution in [0.15, 0.2) is 65.5 Å². The third kappa shape index (κ3) is 4.52. The van der Waals surface area contributed by atoms with Crippen LogP contribution in [0.4, 0.5) is 5.95 Å². The van der Waals surface area contributed by atoms with Crippen molar-refractivity contribution in [1.29, 1.82) is 0 Å². The summed E-state index contributed by atoms with van der Waals surface area (Å²) in [5, 5.41) is 0.0786. The summed E-state index contributed by atoms with van der Waals surface area (Å²) in [6.45, 7) is 0.235. The highest BCUT2D eigenvalue weighted by molar-refractivity contribution is 7.55. The first-order chi connectivity index (χ1) is 16.4. The van der Waals surface area contributed by atoms with Gasteiger partial charge in [0.1, 0.15) is 11.5 Å². The Morgan fingerprint density at radius 1 is 1.06 bits per heavy atom. The van der Waals surface area contributed by atoms with E-state index in [1.54, 1.807) is 53.1 Å². The zero-order chi connectivity index (χ0) is 23.7. The Hall–Kier alpha value is -3.33. The number of anilines is 1. The van der Waals surface area contributed by atoms with E-state index in [1.807, 2.05) is 12.1 Å². The monoisotopic (exact) mass is 501 g/mol. The number of nitrogens with one attached hydrogen (secondary N) is 1. The highest BCUT2D eigenvalue weighted by atomic mass is 35.5. The minimum Gasteiger partial charge on any atom is -0.414 e. The van der Waals surface area contributed by atoms with E-state index in [0.717, 1.165) is 0 Å². The largest absolute Gasteiger partial charge is 0.459 e. The molecule has 4 aromatic rings. The molecule has 176 valence electrons. The van der Waals surface area contributed by atoms with Crippen molar-refractivity contribution in [3.63, 3.8) is 0 Å². The molecule has 1 saturated heterocycles. The Morgan fingerprint density at radius 2 is 1.68 bits per heavy atom. The molecule has 0 saturated carbocycles. The van der Waals surface area contributed by atoms with Crippen molar-refractivity contribution in [3.8, 4) is 11.5 Å². The van der Waals surface area contributed by atoms with Crippen LogP contribution < -0.4 is 20.3 Å². The molecule has 0 spiro atoms. The summed E-state index contributed by atoms with van der Waals surface area (Å²) < 4.78 is 33.5. The average molecular weight is 502 g/mol. The topological polar surface area (TPSA) is 134 Å². The van der Waals surface area contributed by atoms with Crippen molar-refractivity contribution in [2.24, 2.45) is 0 Å². The smallest absolute Gasteiger partial charge is 0.414 e. The molecule has 3 heterocycles. The third-order valence-electron chi connectivity index (χ3n) is 5.35. The molecule has 0 bridgehead atoms. The summed E-state index contributed by atoms with van der Waals surface area (Å²) in [6, 6.07) is 17.6. The van der Waals surface area contributed by atoms with Crippen LogP contribution in [0.25, 0.3) is 11.2 Å². The van der Waals surface area contributed by atoms with E-state index >= 15 is 0 Å². The quantitative estimate of drug-likeness (QED) is 0.284. The fourth-order valence-corrected chi connectivity index (χ4v) is 5.94. The molecule has 10 nitrogen and oxygen atoms in total. The van der Waals surface area contributed by atoms with Crippen LogP contribution in [0.3, 0.4) is 0 Å². The van der Waals surface area contributed by atoms with Gasteiger partial charge in [-0.05, 0) is 48.7 Å². The molecule has 1 aliphatic heterocycles. The van der Waals surface area contributed by atoms with Gasteiger partial charge in [-0.25, -0.2) is 9.55 Å². The molecule has 2 atom stereocenters. The summed E-state index contributed by atoms with van der Waals surface area (Å²) in [6.07, 6.45) is 0.594. The first-order valence-corrected chi connectivity index (χ1v) is 12.6. The van der Waals surface area contributed by atoms with E-state index in [-0.39, 0.29) is 28.9 Å². The normalized spacial score (nSPS) is 18.3. The number of hydrogen-bond acceptors (Lipinski definition) is 8. The van der Waals surface area contributed by atoms with Gasteiger partial charge in [0, 0.05) is 0 Å². The lowest BCUT2D eigenvalue weighted by molar-refractivity contribution is 0.0641. The van der Waals surface area contributed by atoms with Gasteiger partial charge in [-0.2, -0.15) is 4.98 Å². The molecule has 3 N–H and O–H groups in total. The number of nitrogen functional groups attached to an aromatic ring is 1. The maximum atomic E-state index is 14.0. The van der Waals surface area contributed by atoms with Crippen LogP contribution in [0.1, 0.15) is 12.8 Å². The second-order valence-electron chi connectivity index (χ2n) is 7.75. The number of imidazole rings is 1. The van der Waals surface area contributed by atoms with E-state index in [4.69, 9.17) is 31.1 Å². The Labute approximate surface area is 199 Å². The maximum absolute atomic E-state index is 14.0. The van der Waals surface area contributed by atoms with E-state index in [2.05, 4.69) is 15.0 Å². The number of hydrogen-bond donors (Lipinski definition) is 2. The van der Waals surface area contributed by atoms with Gasteiger partial charge >= 0.3 is 7.60 Å². The fourth-order valence-electron chi connectivity index (χ4n) is 3.81. The van der Waals surface area contributed by atoms with Crippen molar-refractivity contribution in [1.82, 2.24) is 19.5 Å². The molecule has 1 aliphatic rings. The Bertz CT molecular complexity index is 1370. The Kier molecular flexibility index (Phi) is 6.03. The first-order valence-electron chi connectivity index (χ1n) is 10.6. The molecular formula is C22H21ClN5O5P. The number of aromatic nitrogens is 4. The van der Waals surface area contributed by atoms with Gasteiger partial charge in [-0.15, -0.1) is 0 Å². The number of H-pyrrole nitrogens is 1. The standard InChI is InChI=1S/C22H21ClN5O5P/c23-21-25-18-19(26-22(24)27-20(18)29)28(21)13-16-11-12-17(31-16)34(30,32-14-7-3-1-4-8-14)33-15-9-5-2-6-10-15/h1-10,16-17H,11-13H2,(H3,24,26,27,29)/t16-,17+/m0/s1. The van der Waals surface area contributed by atoms with Crippen molar-refractivity contribution < 1.29 is 18.3 Å². The number of fused-ring (bicyclic) bond motifs is 1. The van der Waals surface area contributed by atoms with Crippen molar-refractivity contribution in [2.75, 3.05) is 5.73 Å². The van der Waals surface area contributed by atoms with Gasteiger partial charge in [0.15, 0.2) is 17.0 Å². The van der Waals surface area contributed by atoms with E-state index in [9.17, 15) is 9.36 Å². The number of aromatic amines is 1. The van der Waals surface area contributed by atoms with Crippen LogP contribution in [-0.4, -0.2) is 31.5 Å². The van der Waals surface area contributed by atoms with Gasteiger partial charge in [0.25, 0.3) is 5.56 Å². The highest BCUT2D eigenvalue weighted by Crippen LogP contribution is 2.57. The van der Waals surface area contributed by atoms with Crippen LogP contribution in [0.5, 0.6) is 11.5 Å². The molecule has 0 amide bonds. The lowest BCUT2D eigenvalue weighted by Gasteiger charge is -2.25. The lowest BCUT2D eigenvalue weighted by atomic mass is 10.2. The second-order valence-corrected chi connectivity index (χ2v) is 10.1. The van der Waals surface area contributed by atoms with Crippen molar-refractivity contribution in [3.05, 3.63) is 76.3 Å². The van der Waals surface area contributed by atoms with E-state index in [0.29, 0.717) is 24.3 Å². The molecule has 0 unspecified atom stereocenters. The number of ether oxygens (including phenoxy) is 1. The Balaban J connectivity index is 1.40. The number of nitrogens with zero attached hydrogens (tertiary/aromatic N) is 3. The fraction of sp³-hybridized carbons (Fsp3) is 0.227. The SMILES string of the molecule is Nc1nc2c(nc(Cl)n2C[C@@H]2CC[C@@H](P(=O)(Oc3ccccc3)Oc3ccccc3)O2)c(=O)[nH]1. The van der Waals surface area contributed by atoms with E-state index < -0.39 is 25.1 Å². The van der Waals surface area contributed by atoms with Crippen LogP contribution in [0.2, 0.25) is 5.28 Å². The number of nitrogens with two attached hydrogens (primary N) is 1. The molecule has 0 aliphatic carbocycles.